The third-order valence-electron chi connectivity index (χ3n) is 8.85. The van der Waals surface area contributed by atoms with Gasteiger partial charge in [0.05, 0.1) is 30.0 Å². The summed E-state index contributed by atoms with van der Waals surface area (Å²) in [5.41, 5.74) is 0.617. The van der Waals surface area contributed by atoms with Crippen LogP contribution < -0.4 is 26.0 Å². The molecule has 2 aliphatic rings. The van der Waals surface area contributed by atoms with Crippen molar-refractivity contribution in [1.29, 1.82) is 0 Å². The van der Waals surface area contributed by atoms with Gasteiger partial charge in [0.2, 0.25) is 17.7 Å². The maximum absolute atomic E-state index is 14.7. The lowest BCUT2D eigenvalue weighted by molar-refractivity contribution is -0.142. The molecular weight excluding hydrogens is 655 g/mol. The average molecular weight is 695 g/mol. The van der Waals surface area contributed by atoms with Crippen molar-refractivity contribution in [2.45, 2.75) is 70.0 Å². The van der Waals surface area contributed by atoms with Crippen LogP contribution >= 0.6 is 24.0 Å². The number of carbonyl (C=O) groups is 3. The second kappa shape index (κ2) is 15.9. The summed E-state index contributed by atoms with van der Waals surface area (Å²) in [5, 5.41) is 11.4. The number of hydrogen-bond acceptors (Lipinski definition) is 8. The molecule has 1 unspecified atom stereocenters. The minimum atomic E-state index is -0.982. The fourth-order valence-corrected chi connectivity index (χ4v) is 6.32. The lowest BCUT2D eigenvalue weighted by Crippen LogP contribution is -2.57. The van der Waals surface area contributed by atoms with E-state index in [1.165, 1.54) is 19.5 Å². The summed E-state index contributed by atoms with van der Waals surface area (Å²) in [6.45, 7) is 2.12. The molecule has 2 aromatic carbocycles. The smallest absolute Gasteiger partial charge is 0.247 e. The molecule has 0 radical (unpaired) electrons. The number of halogens is 4. The summed E-state index contributed by atoms with van der Waals surface area (Å²) in [6.07, 6.45) is 7.07. The maximum atomic E-state index is 14.7. The van der Waals surface area contributed by atoms with Gasteiger partial charge in [-0.1, -0.05) is 30.9 Å². The van der Waals surface area contributed by atoms with Crippen LogP contribution in [0, 0.1) is 17.6 Å². The van der Waals surface area contributed by atoms with Crippen LogP contribution in [-0.2, 0) is 14.4 Å². The molecule has 5 rings (SSSR count). The van der Waals surface area contributed by atoms with Crippen LogP contribution in [0.25, 0.3) is 10.9 Å². The molecule has 1 aliphatic carbocycles. The Balaban J connectivity index is 0.00000500. The number of carbonyl (C=O) groups excluding carboxylic acids is 3. The van der Waals surface area contributed by atoms with Crippen LogP contribution in [0.15, 0.2) is 30.6 Å². The Kier molecular flexibility index (Phi) is 12.2. The molecule has 0 bridgehead atoms. The third kappa shape index (κ3) is 7.85. The minimum Gasteiger partial charge on any atom is -0.494 e. The van der Waals surface area contributed by atoms with Gasteiger partial charge < -0.3 is 30.9 Å². The summed E-state index contributed by atoms with van der Waals surface area (Å²) in [5.74, 6) is -2.33. The third-order valence-corrected chi connectivity index (χ3v) is 9.20. The van der Waals surface area contributed by atoms with E-state index in [0.29, 0.717) is 36.0 Å². The number of likely N-dealkylation sites (tertiary alicyclic amines) is 1. The van der Waals surface area contributed by atoms with Crippen molar-refractivity contribution in [3.05, 3.63) is 47.2 Å². The van der Waals surface area contributed by atoms with E-state index in [0.717, 1.165) is 38.2 Å². The molecule has 3 aromatic rings. The summed E-state index contributed by atoms with van der Waals surface area (Å²) >= 11 is 5.76. The zero-order valence-electron chi connectivity index (χ0n) is 26.4. The number of likely N-dealkylation sites (N-methyl/N-ethyl adjacent to an activating group) is 1. The van der Waals surface area contributed by atoms with Gasteiger partial charge in [-0.3, -0.25) is 14.4 Å². The van der Waals surface area contributed by atoms with Crippen molar-refractivity contribution in [2.75, 3.05) is 31.3 Å². The average Bonchev–Trinajstić information content (AvgIpc) is 3.57. The molecule has 4 N–H and O–H groups in total. The number of nitrogens with zero attached hydrogens (tertiary/aromatic N) is 3. The predicted octanol–water partition coefficient (Wildman–Crippen LogP) is 5.34. The van der Waals surface area contributed by atoms with Crippen LogP contribution in [0.5, 0.6) is 5.75 Å². The first-order chi connectivity index (χ1) is 22.1. The first kappa shape index (κ1) is 36.0. The molecule has 0 spiro atoms. The highest BCUT2D eigenvalue weighted by molar-refractivity contribution is 6.31. The SMILES string of the molecule is CN[C@@H](C)C(=O)N[C@H](C(=O)N1CCCC1C(=O)Nc1cc2c(Nc3ccc(F)c(Cl)c3F)ncnc2cc1OC)C1CCCCC1.Cl. The number of methoxy groups -OCH3 is 1. The van der Waals surface area contributed by atoms with Crippen molar-refractivity contribution >= 4 is 69.8 Å². The number of nitrogens with one attached hydrogen (secondary N) is 4. The number of rotatable bonds is 10. The molecule has 1 aliphatic heterocycles. The lowest BCUT2D eigenvalue weighted by Gasteiger charge is -2.35. The molecule has 1 saturated heterocycles. The number of aromatic nitrogens is 2. The predicted molar refractivity (Wildman–Crippen MR) is 178 cm³/mol. The molecule has 1 aromatic heterocycles. The summed E-state index contributed by atoms with van der Waals surface area (Å²) in [7, 11) is 3.13. The van der Waals surface area contributed by atoms with Crippen LogP contribution in [0.3, 0.4) is 0 Å². The second-order valence-electron chi connectivity index (χ2n) is 11.7. The van der Waals surface area contributed by atoms with Crippen molar-refractivity contribution in [3.8, 4) is 5.75 Å². The van der Waals surface area contributed by atoms with E-state index in [4.69, 9.17) is 16.3 Å². The Bertz CT molecular complexity index is 1630. The van der Waals surface area contributed by atoms with Gasteiger partial charge in [-0.05, 0) is 63.8 Å². The Morgan fingerprint density at radius 1 is 1.04 bits per heavy atom. The van der Waals surface area contributed by atoms with E-state index in [9.17, 15) is 23.2 Å². The van der Waals surface area contributed by atoms with E-state index in [-0.39, 0.29) is 47.3 Å². The molecule has 2 fully saturated rings. The fourth-order valence-electron chi connectivity index (χ4n) is 6.16. The van der Waals surface area contributed by atoms with E-state index >= 15 is 0 Å². The van der Waals surface area contributed by atoms with Crippen LogP contribution in [-0.4, -0.2) is 71.4 Å². The highest BCUT2D eigenvalue weighted by Gasteiger charge is 2.41. The largest absolute Gasteiger partial charge is 0.494 e. The normalized spacial score (nSPS) is 17.8. The van der Waals surface area contributed by atoms with E-state index in [1.807, 2.05) is 0 Å². The Labute approximate surface area is 283 Å². The van der Waals surface area contributed by atoms with Crippen LogP contribution in [0.4, 0.5) is 26.0 Å². The zero-order chi connectivity index (χ0) is 33.0. The molecule has 2 heterocycles. The first-order valence-corrected chi connectivity index (χ1v) is 15.8. The van der Waals surface area contributed by atoms with E-state index in [1.54, 1.807) is 31.0 Å². The number of hydrogen-bond donors (Lipinski definition) is 4. The fraction of sp³-hybridized carbons (Fsp3) is 0.469. The summed E-state index contributed by atoms with van der Waals surface area (Å²) < 4.78 is 34.0. The topological polar surface area (TPSA) is 138 Å². The maximum Gasteiger partial charge on any atom is 0.247 e. The Hall–Kier alpha value is -3.81. The standard InChI is InChI=1S/C32H38ClF2N7O4.ClH/c1-17(36-2)30(43)41-28(18-8-5-4-6-9-18)32(45)42-13-7-10-24(42)31(44)40-23-14-19-22(15-25(23)46-3)37-16-38-29(19)39-21-12-11-20(34)26(33)27(21)35;/h11-12,14-18,24,28,36H,4-10,13H2,1-3H3,(H,40,44)(H,41,43)(H,37,38,39);1H/t17-,24?,28-;/m0./s1. The molecular formula is C32H39Cl2F2N7O4. The molecule has 254 valence electrons. The molecule has 3 atom stereocenters. The number of anilines is 3. The van der Waals surface area contributed by atoms with Crippen molar-refractivity contribution in [2.24, 2.45) is 5.92 Å². The van der Waals surface area contributed by atoms with E-state index in [2.05, 4.69) is 31.2 Å². The molecule has 11 nitrogen and oxygen atoms in total. The highest BCUT2D eigenvalue weighted by atomic mass is 35.5. The number of ether oxygens (including phenoxy) is 1. The van der Waals surface area contributed by atoms with Gasteiger partial charge in [0.1, 0.15) is 40.8 Å². The van der Waals surface area contributed by atoms with Gasteiger partial charge in [-0.15, -0.1) is 12.4 Å². The Morgan fingerprint density at radius 3 is 2.49 bits per heavy atom. The van der Waals surface area contributed by atoms with Crippen molar-refractivity contribution in [3.63, 3.8) is 0 Å². The monoisotopic (exact) mass is 693 g/mol. The molecule has 3 amide bonds. The van der Waals surface area contributed by atoms with Gasteiger partial charge in [0.15, 0.2) is 5.82 Å². The zero-order valence-corrected chi connectivity index (χ0v) is 27.9. The lowest BCUT2D eigenvalue weighted by atomic mass is 9.83. The van der Waals surface area contributed by atoms with Gasteiger partial charge in [-0.25, -0.2) is 18.7 Å². The summed E-state index contributed by atoms with van der Waals surface area (Å²) in [4.78, 5) is 50.8. The van der Waals surface area contributed by atoms with Gasteiger partial charge in [0, 0.05) is 18.0 Å². The number of benzene rings is 2. The molecule has 47 heavy (non-hydrogen) atoms. The number of fused-ring (bicyclic) bond motifs is 1. The molecule has 1 saturated carbocycles. The van der Waals surface area contributed by atoms with Gasteiger partial charge in [-0.2, -0.15) is 0 Å². The van der Waals surface area contributed by atoms with Crippen LogP contribution in [0.2, 0.25) is 5.02 Å². The highest BCUT2D eigenvalue weighted by Crippen LogP contribution is 2.36. The number of amides is 3. The Morgan fingerprint density at radius 2 is 1.79 bits per heavy atom. The van der Waals surface area contributed by atoms with Crippen molar-refractivity contribution < 1.29 is 27.9 Å². The summed E-state index contributed by atoms with van der Waals surface area (Å²) in [6, 6.07) is 3.45. The van der Waals surface area contributed by atoms with Gasteiger partial charge in [0.25, 0.3) is 0 Å². The van der Waals surface area contributed by atoms with Crippen molar-refractivity contribution in [1.82, 2.24) is 25.5 Å². The quantitative estimate of drug-likeness (QED) is 0.209. The van der Waals surface area contributed by atoms with Gasteiger partial charge >= 0.3 is 0 Å². The molecule has 15 heteroatoms. The van der Waals surface area contributed by atoms with Crippen LogP contribution in [0.1, 0.15) is 51.9 Å². The second-order valence-corrected chi connectivity index (χ2v) is 12.1. The van der Waals surface area contributed by atoms with E-state index < -0.39 is 40.7 Å². The first-order valence-electron chi connectivity index (χ1n) is 15.4. The minimum absolute atomic E-state index is 0.